The minimum absolute atomic E-state index is 0.650. The molecule has 0 spiro atoms. The summed E-state index contributed by atoms with van der Waals surface area (Å²) in [5.41, 5.74) is 2.61. The third-order valence-corrected chi connectivity index (χ3v) is 3.75. The van der Waals surface area contributed by atoms with Gasteiger partial charge in [0, 0.05) is 25.8 Å². The molecule has 0 aliphatic heterocycles. The van der Waals surface area contributed by atoms with Crippen LogP contribution >= 0.6 is 0 Å². The monoisotopic (exact) mass is 241 g/mol. The molecule has 1 heterocycles. The summed E-state index contributed by atoms with van der Waals surface area (Å²) in [6.07, 6.45) is 4.48. The van der Waals surface area contributed by atoms with E-state index in [2.05, 4.69) is 46.8 Å². The minimum atomic E-state index is 0.650. The van der Waals surface area contributed by atoms with Crippen LogP contribution in [-0.4, -0.2) is 15.8 Å². The molecule has 0 saturated heterocycles. The molecule has 0 unspecified atom stereocenters. The summed E-state index contributed by atoms with van der Waals surface area (Å²) < 4.78 is 1.85. The molecule has 0 amide bonds. The lowest BCUT2D eigenvalue weighted by Crippen LogP contribution is -2.39. The molecule has 1 N–H and O–H groups in total. The van der Waals surface area contributed by atoms with Crippen LogP contribution < -0.4 is 5.32 Å². The van der Waals surface area contributed by atoms with Crippen molar-refractivity contribution in [1.29, 1.82) is 0 Å². The van der Waals surface area contributed by atoms with Gasteiger partial charge in [-0.2, -0.15) is 5.10 Å². The van der Waals surface area contributed by atoms with Crippen molar-refractivity contribution in [2.75, 3.05) is 0 Å². The summed E-state index contributed by atoms with van der Waals surface area (Å²) >= 11 is 0. The van der Waals surface area contributed by atoms with Crippen molar-refractivity contribution >= 4 is 0 Å². The highest BCUT2D eigenvalue weighted by molar-refractivity contribution is 5.22. The molecular formula is C15H19N3. The normalized spacial score (nSPS) is 22.7. The Morgan fingerprint density at radius 1 is 1.22 bits per heavy atom. The molecule has 0 radical (unpaired) electrons. The van der Waals surface area contributed by atoms with E-state index in [-0.39, 0.29) is 0 Å². The molecule has 94 valence electrons. The van der Waals surface area contributed by atoms with Crippen LogP contribution in [0.5, 0.6) is 0 Å². The fraction of sp³-hybridized carbons (Fsp3) is 0.400. The molecule has 1 aliphatic rings. The number of nitrogens with one attached hydrogen (secondary N) is 1. The van der Waals surface area contributed by atoms with Gasteiger partial charge in [0.05, 0.1) is 5.69 Å². The summed E-state index contributed by atoms with van der Waals surface area (Å²) in [5.74, 6) is 0.743. The van der Waals surface area contributed by atoms with E-state index in [1.807, 2.05) is 17.9 Å². The van der Waals surface area contributed by atoms with Gasteiger partial charge < -0.3 is 5.32 Å². The van der Waals surface area contributed by atoms with Gasteiger partial charge >= 0.3 is 0 Å². The third-order valence-electron chi connectivity index (χ3n) is 3.75. The van der Waals surface area contributed by atoms with Crippen molar-refractivity contribution in [3.8, 4) is 0 Å². The van der Waals surface area contributed by atoms with Gasteiger partial charge in [-0.1, -0.05) is 30.3 Å². The lowest BCUT2D eigenvalue weighted by Gasteiger charge is -2.36. The van der Waals surface area contributed by atoms with E-state index in [1.54, 1.807) is 0 Å². The van der Waals surface area contributed by atoms with E-state index in [1.165, 1.54) is 18.4 Å². The molecule has 1 saturated carbocycles. The molecule has 3 rings (SSSR count). The van der Waals surface area contributed by atoms with Crippen LogP contribution in [0.25, 0.3) is 0 Å². The predicted molar refractivity (Wildman–Crippen MR) is 72.3 cm³/mol. The number of rotatable bonds is 4. The molecule has 3 heteroatoms. The third kappa shape index (κ3) is 2.46. The van der Waals surface area contributed by atoms with Crippen LogP contribution in [0, 0.1) is 0 Å². The maximum absolute atomic E-state index is 4.37. The standard InChI is InChI=1S/C15H19N3/c1-18-8-7-14(17-18)11-16-15-9-13(10-15)12-5-3-2-4-6-12/h2-8,13,15-16H,9-11H2,1H3. The molecule has 0 atom stereocenters. The smallest absolute Gasteiger partial charge is 0.0762 e. The van der Waals surface area contributed by atoms with E-state index < -0.39 is 0 Å². The van der Waals surface area contributed by atoms with Crippen molar-refractivity contribution in [1.82, 2.24) is 15.1 Å². The first-order valence-electron chi connectivity index (χ1n) is 6.58. The van der Waals surface area contributed by atoms with Crippen LogP contribution in [-0.2, 0) is 13.6 Å². The summed E-state index contributed by atoms with van der Waals surface area (Å²) in [6.45, 7) is 0.882. The van der Waals surface area contributed by atoms with Gasteiger partial charge in [0.1, 0.15) is 0 Å². The predicted octanol–water partition coefficient (Wildman–Crippen LogP) is 2.46. The van der Waals surface area contributed by atoms with E-state index in [0.717, 1.165) is 18.2 Å². The first kappa shape index (κ1) is 11.5. The fourth-order valence-corrected chi connectivity index (χ4v) is 2.59. The van der Waals surface area contributed by atoms with Gasteiger partial charge in [-0.05, 0) is 30.4 Å². The molecule has 1 aromatic carbocycles. The first-order valence-corrected chi connectivity index (χ1v) is 6.58. The zero-order chi connectivity index (χ0) is 12.4. The zero-order valence-corrected chi connectivity index (χ0v) is 10.7. The summed E-state index contributed by atoms with van der Waals surface area (Å²) in [6, 6.07) is 13.5. The van der Waals surface area contributed by atoms with Gasteiger partial charge in [0.2, 0.25) is 0 Å². The molecular weight excluding hydrogens is 222 g/mol. The molecule has 1 aliphatic carbocycles. The van der Waals surface area contributed by atoms with Crippen LogP contribution in [0.4, 0.5) is 0 Å². The second kappa shape index (κ2) is 4.94. The van der Waals surface area contributed by atoms with Crippen LogP contribution in [0.15, 0.2) is 42.6 Å². The molecule has 0 bridgehead atoms. The number of benzene rings is 1. The van der Waals surface area contributed by atoms with E-state index in [0.29, 0.717) is 6.04 Å². The second-order valence-corrected chi connectivity index (χ2v) is 5.14. The zero-order valence-electron chi connectivity index (χ0n) is 10.7. The molecule has 1 aromatic heterocycles. The Bertz CT molecular complexity index is 497. The Morgan fingerprint density at radius 2 is 2.00 bits per heavy atom. The Kier molecular flexibility index (Phi) is 3.15. The van der Waals surface area contributed by atoms with Crippen molar-refractivity contribution in [3.63, 3.8) is 0 Å². The lowest BCUT2D eigenvalue weighted by molar-refractivity contribution is 0.288. The minimum Gasteiger partial charge on any atom is -0.308 e. The van der Waals surface area contributed by atoms with Crippen molar-refractivity contribution in [3.05, 3.63) is 53.9 Å². The fourth-order valence-electron chi connectivity index (χ4n) is 2.59. The molecule has 2 aromatic rings. The van der Waals surface area contributed by atoms with Crippen molar-refractivity contribution in [2.45, 2.75) is 31.3 Å². The average molecular weight is 241 g/mol. The molecule has 18 heavy (non-hydrogen) atoms. The van der Waals surface area contributed by atoms with Gasteiger partial charge in [-0.15, -0.1) is 0 Å². The summed E-state index contributed by atoms with van der Waals surface area (Å²) in [5, 5.41) is 7.95. The van der Waals surface area contributed by atoms with E-state index >= 15 is 0 Å². The highest BCUT2D eigenvalue weighted by Gasteiger charge is 2.29. The van der Waals surface area contributed by atoms with Crippen LogP contribution in [0.3, 0.4) is 0 Å². The maximum atomic E-state index is 4.37. The number of aryl methyl sites for hydroxylation is 1. The average Bonchev–Trinajstić information content (AvgIpc) is 2.74. The Balaban J connectivity index is 1.46. The van der Waals surface area contributed by atoms with Crippen molar-refractivity contribution in [2.24, 2.45) is 7.05 Å². The van der Waals surface area contributed by atoms with Crippen LogP contribution in [0.1, 0.15) is 30.0 Å². The summed E-state index contributed by atoms with van der Waals surface area (Å²) in [7, 11) is 1.96. The van der Waals surface area contributed by atoms with Crippen LogP contribution in [0.2, 0.25) is 0 Å². The maximum Gasteiger partial charge on any atom is 0.0762 e. The number of hydrogen-bond acceptors (Lipinski definition) is 2. The Morgan fingerprint density at radius 3 is 2.67 bits per heavy atom. The Hall–Kier alpha value is -1.61. The largest absolute Gasteiger partial charge is 0.308 e. The highest BCUT2D eigenvalue weighted by Crippen LogP contribution is 2.36. The van der Waals surface area contributed by atoms with Gasteiger partial charge in [-0.3, -0.25) is 4.68 Å². The molecule has 1 fully saturated rings. The van der Waals surface area contributed by atoms with Crippen molar-refractivity contribution < 1.29 is 0 Å². The highest BCUT2D eigenvalue weighted by atomic mass is 15.3. The molecule has 3 nitrogen and oxygen atoms in total. The van der Waals surface area contributed by atoms with Gasteiger partial charge in [0.25, 0.3) is 0 Å². The van der Waals surface area contributed by atoms with E-state index in [9.17, 15) is 0 Å². The summed E-state index contributed by atoms with van der Waals surface area (Å²) in [4.78, 5) is 0. The number of aromatic nitrogens is 2. The number of hydrogen-bond donors (Lipinski definition) is 1. The van der Waals surface area contributed by atoms with Gasteiger partial charge in [-0.25, -0.2) is 0 Å². The lowest BCUT2D eigenvalue weighted by atomic mass is 9.76. The van der Waals surface area contributed by atoms with E-state index in [4.69, 9.17) is 0 Å². The van der Waals surface area contributed by atoms with Gasteiger partial charge in [0.15, 0.2) is 0 Å². The Labute approximate surface area is 108 Å². The quantitative estimate of drug-likeness (QED) is 0.891. The first-order chi connectivity index (χ1) is 8.81. The topological polar surface area (TPSA) is 29.9 Å². The second-order valence-electron chi connectivity index (χ2n) is 5.14. The number of nitrogens with zero attached hydrogens (tertiary/aromatic N) is 2. The SMILES string of the molecule is Cn1ccc(CNC2CC(c3ccccc3)C2)n1.